The van der Waals surface area contributed by atoms with E-state index in [0.29, 0.717) is 12.3 Å². The smallest absolute Gasteiger partial charge is 0.322 e. The molecule has 3 aromatic rings. The first-order valence-corrected chi connectivity index (χ1v) is 10.5. The summed E-state index contributed by atoms with van der Waals surface area (Å²) in [5.74, 6) is -0.361. The van der Waals surface area contributed by atoms with Gasteiger partial charge in [0.2, 0.25) is 5.89 Å². The summed E-state index contributed by atoms with van der Waals surface area (Å²) >= 11 is 0. The first-order valence-electron chi connectivity index (χ1n) is 8.82. The van der Waals surface area contributed by atoms with Gasteiger partial charge >= 0.3 is 6.01 Å². The molecule has 7 nitrogen and oxygen atoms in total. The van der Waals surface area contributed by atoms with E-state index in [1.54, 1.807) is 12.1 Å². The van der Waals surface area contributed by atoms with Gasteiger partial charge in [-0.1, -0.05) is 42.4 Å². The van der Waals surface area contributed by atoms with E-state index in [9.17, 15) is 13.2 Å². The van der Waals surface area contributed by atoms with Crippen molar-refractivity contribution in [2.24, 2.45) is 0 Å². The lowest BCUT2D eigenvalue weighted by molar-refractivity contribution is 0.102. The fourth-order valence-corrected chi connectivity index (χ4v) is 3.80. The number of anilines is 1. The molecule has 2 aromatic carbocycles. The molecule has 28 heavy (non-hydrogen) atoms. The van der Waals surface area contributed by atoms with E-state index in [2.05, 4.69) is 15.5 Å². The molecule has 1 N–H and O–H groups in total. The summed E-state index contributed by atoms with van der Waals surface area (Å²) in [7, 11) is -3.54. The Morgan fingerprint density at radius 3 is 2.54 bits per heavy atom. The van der Waals surface area contributed by atoms with Crippen LogP contribution in [0.2, 0.25) is 0 Å². The average Bonchev–Trinajstić information content (AvgIpc) is 3.11. The van der Waals surface area contributed by atoms with Crippen molar-refractivity contribution in [1.29, 1.82) is 0 Å². The van der Waals surface area contributed by atoms with Crippen LogP contribution in [0.5, 0.6) is 0 Å². The van der Waals surface area contributed by atoms with E-state index in [1.165, 1.54) is 30.2 Å². The maximum atomic E-state index is 12.5. The van der Waals surface area contributed by atoms with E-state index < -0.39 is 15.7 Å². The van der Waals surface area contributed by atoms with Crippen molar-refractivity contribution in [3.63, 3.8) is 0 Å². The normalized spacial score (nSPS) is 11.4. The summed E-state index contributed by atoms with van der Waals surface area (Å²) in [6, 6.07) is 12.0. The van der Waals surface area contributed by atoms with Crippen LogP contribution in [0, 0.1) is 13.8 Å². The molecule has 0 atom stereocenters. The molecule has 1 amide bonds. The molecule has 0 radical (unpaired) electrons. The highest BCUT2D eigenvalue weighted by Gasteiger charge is 2.21. The molecule has 8 heteroatoms. The molecule has 0 aliphatic heterocycles. The number of aromatic nitrogens is 2. The number of nitrogens with one attached hydrogen (secondary N) is 1. The van der Waals surface area contributed by atoms with Crippen molar-refractivity contribution >= 4 is 21.8 Å². The summed E-state index contributed by atoms with van der Waals surface area (Å²) in [4.78, 5) is 12.5. The predicted molar refractivity (Wildman–Crippen MR) is 105 cm³/mol. The van der Waals surface area contributed by atoms with Crippen LogP contribution in [0.1, 0.15) is 39.9 Å². The Morgan fingerprint density at radius 2 is 1.82 bits per heavy atom. The molecule has 0 aliphatic carbocycles. The molecular formula is C20H21N3O4S. The van der Waals surface area contributed by atoms with Crippen molar-refractivity contribution in [2.45, 2.75) is 32.1 Å². The Morgan fingerprint density at radius 1 is 1.07 bits per heavy atom. The van der Waals surface area contributed by atoms with Gasteiger partial charge in [-0.25, -0.2) is 8.42 Å². The van der Waals surface area contributed by atoms with Crippen LogP contribution in [0.15, 0.2) is 51.8 Å². The maximum Gasteiger partial charge on any atom is 0.322 e. The van der Waals surface area contributed by atoms with Crippen LogP contribution in [-0.2, 0) is 16.3 Å². The molecule has 0 unspecified atom stereocenters. The molecule has 1 aromatic heterocycles. The van der Waals surface area contributed by atoms with Crippen molar-refractivity contribution < 1.29 is 17.6 Å². The van der Waals surface area contributed by atoms with Crippen LogP contribution in [-0.4, -0.2) is 30.3 Å². The van der Waals surface area contributed by atoms with Gasteiger partial charge in [0.05, 0.1) is 22.6 Å². The zero-order chi connectivity index (χ0) is 20.3. The third kappa shape index (κ3) is 4.28. The van der Waals surface area contributed by atoms with Crippen molar-refractivity contribution in [3.8, 4) is 0 Å². The SMILES string of the molecule is CCS(=O)(=O)c1ccccc1C(=O)Nc1nnc(Cc2ccc(C)c(C)c2)o1. The van der Waals surface area contributed by atoms with Crippen LogP contribution < -0.4 is 5.32 Å². The maximum absolute atomic E-state index is 12.5. The summed E-state index contributed by atoms with van der Waals surface area (Å²) in [5, 5.41) is 10.3. The number of rotatable bonds is 6. The second kappa shape index (κ2) is 7.93. The van der Waals surface area contributed by atoms with E-state index >= 15 is 0 Å². The Labute approximate surface area is 163 Å². The van der Waals surface area contributed by atoms with Crippen LogP contribution in [0.4, 0.5) is 6.01 Å². The van der Waals surface area contributed by atoms with Crippen molar-refractivity contribution in [3.05, 3.63) is 70.6 Å². The summed E-state index contributed by atoms with van der Waals surface area (Å²) in [6.07, 6.45) is 0.435. The molecule has 0 fully saturated rings. The molecule has 0 aliphatic rings. The van der Waals surface area contributed by atoms with Crippen molar-refractivity contribution in [2.75, 3.05) is 11.1 Å². The van der Waals surface area contributed by atoms with Gasteiger partial charge in [-0.3, -0.25) is 10.1 Å². The number of hydrogen-bond donors (Lipinski definition) is 1. The third-order valence-electron chi connectivity index (χ3n) is 4.46. The van der Waals surface area contributed by atoms with E-state index in [-0.39, 0.29) is 22.2 Å². The number of amides is 1. The molecule has 3 rings (SSSR count). The van der Waals surface area contributed by atoms with Gasteiger partial charge < -0.3 is 4.42 Å². The summed E-state index contributed by atoms with van der Waals surface area (Å²) in [6.45, 7) is 5.59. The van der Waals surface area contributed by atoms with Gasteiger partial charge in [0.15, 0.2) is 9.84 Å². The second-order valence-electron chi connectivity index (χ2n) is 6.45. The van der Waals surface area contributed by atoms with Crippen LogP contribution in [0.25, 0.3) is 0 Å². The molecule has 1 heterocycles. The fraction of sp³-hybridized carbons (Fsp3) is 0.250. The van der Waals surface area contributed by atoms with Crippen LogP contribution in [0.3, 0.4) is 0 Å². The molecular weight excluding hydrogens is 378 g/mol. The summed E-state index contributed by atoms with van der Waals surface area (Å²) < 4.78 is 29.9. The first-order chi connectivity index (χ1) is 13.3. The Hall–Kier alpha value is -3.00. The van der Waals surface area contributed by atoms with E-state index in [4.69, 9.17) is 4.42 Å². The number of benzene rings is 2. The monoisotopic (exact) mass is 399 g/mol. The molecule has 0 saturated carbocycles. The standard InChI is InChI=1S/C20H21N3O4S/c1-4-28(25,26)17-8-6-5-7-16(17)19(24)21-20-23-22-18(27-20)12-15-10-9-13(2)14(3)11-15/h5-11H,4,12H2,1-3H3,(H,21,23,24). The minimum Gasteiger partial charge on any atom is -0.407 e. The highest BCUT2D eigenvalue weighted by Crippen LogP contribution is 2.19. The topological polar surface area (TPSA) is 102 Å². The zero-order valence-electron chi connectivity index (χ0n) is 15.9. The van der Waals surface area contributed by atoms with Gasteiger partial charge in [-0.05, 0) is 42.7 Å². The highest BCUT2D eigenvalue weighted by atomic mass is 32.2. The zero-order valence-corrected chi connectivity index (χ0v) is 16.7. The fourth-order valence-electron chi connectivity index (χ4n) is 2.71. The number of aryl methyl sites for hydroxylation is 2. The number of nitrogens with zero attached hydrogens (tertiary/aromatic N) is 2. The lowest BCUT2D eigenvalue weighted by Crippen LogP contribution is -2.17. The van der Waals surface area contributed by atoms with Gasteiger partial charge in [0.1, 0.15) is 0 Å². The van der Waals surface area contributed by atoms with Crippen molar-refractivity contribution in [1.82, 2.24) is 10.2 Å². The largest absolute Gasteiger partial charge is 0.407 e. The number of sulfone groups is 1. The average molecular weight is 399 g/mol. The third-order valence-corrected chi connectivity index (χ3v) is 6.25. The second-order valence-corrected chi connectivity index (χ2v) is 8.70. The molecule has 0 saturated heterocycles. The number of hydrogen-bond acceptors (Lipinski definition) is 6. The Kier molecular flexibility index (Phi) is 5.60. The van der Waals surface area contributed by atoms with E-state index in [1.807, 2.05) is 32.0 Å². The van der Waals surface area contributed by atoms with E-state index in [0.717, 1.165) is 5.56 Å². The Balaban J connectivity index is 1.77. The minimum atomic E-state index is -3.54. The predicted octanol–water partition coefficient (Wildman–Crippen LogP) is 3.32. The van der Waals surface area contributed by atoms with Gasteiger partial charge in [-0.15, -0.1) is 5.10 Å². The van der Waals surface area contributed by atoms with Crippen LogP contribution >= 0.6 is 0 Å². The first kappa shape index (κ1) is 19.8. The van der Waals surface area contributed by atoms with Gasteiger partial charge in [0.25, 0.3) is 5.91 Å². The summed E-state index contributed by atoms with van der Waals surface area (Å²) in [5.41, 5.74) is 3.42. The molecule has 146 valence electrons. The minimum absolute atomic E-state index is 0.0233. The molecule has 0 bridgehead atoms. The quantitative estimate of drug-likeness (QED) is 0.682. The van der Waals surface area contributed by atoms with Gasteiger partial charge in [-0.2, -0.15) is 0 Å². The lowest BCUT2D eigenvalue weighted by atomic mass is 10.0. The highest BCUT2D eigenvalue weighted by molar-refractivity contribution is 7.91. The number of carbonyl (C=O) groups is 1. The Bertz CT molecular complexity index is 1120. The number of carbonyl (C=O) groups excluding carboxylic acids is 1. The van der Waals surface area contributed by atoms with Gasteiger partial charge in [0, 0.05) is 0 Å². The molecule has 0 spiro atoms. The lowest BCUT2D eigenvalue weighted by Gasteiger charge is -2.08.